The van der Waals surface area contributed by atoms with E-state index in [-0.39, 0.29) is 11.7 Å². The molecular weight excluding hydrogens is 296 g/mol. The number of carbonyl (C=O) groups excluding carboxylic acids is 1. The average molecular weight is 316 g/mol. The molecule has 0 N–H and O–H groups in total. The van der Waals surface area contributed by atoms with Crippen molar-refractivity contribution in [3.8, 4) is 5.75 Å². The van der Waals surface area contributed by atoms with Gasteiger partial charge < -0.3 is 4.74 Å². The van der Waals surface area contributed by atoms with Crippen molar-refractivity contribution in [2.75, 3.05) is 7.11 Å². The van der Waals surface area contributed by atoms with Gasteiger partial charge in [-0.15, -0.1) is 0 Å². The molecule has 0 heterocycles. The van der Waals surface area contributed by atoms with E-state index in [1.165, 1.54) is 5.56 Å². The van der Waals surface area contributed by atoms with Crippen molar-refractivity contribution in [3.63, 3.8) is 0 Å². The van der Waals surface area contributed by atoms with Crippen molar-refractivity contribution < 1.29 is 9.53 Å². The minimum absolute atomic E-state index is 0.101. The highest BCUT2D eigenvalue weighted by Gasteiger charge is 2.23. The molecule has 0 amide bonds. The van der Waals surface area contributed by atoms with Crippen LogP contribution in [0.25, 0.3) is 0 Å². The van der Waals surface area contributed by atoms with Crippen LogP contribution in [0.2, 0.25) is 0 Å². The van der Waals surface area contributed by atoms with Crippen LogP contribution >= 0.6 is 0 Å². The molecule has 1 atom stereocenters. The summed E-state index contributed by atoms with van der Waals surface area (Å²) >= 11 is 0. The average Bonchev–Trinajstić information content (AvgIpc) is 2.64. The zero-order chi connectivity index (χ0) is 16.9. The van der Waals surface area contributed by atoms with Crippen molar-refractivity contribution >= 4 is 5.78 Å². The Kier molecular flexibility index (Phi) is 4.76. The first kappa shape index (κ1) is 16.0. The van der Waals surface area contributed by atoms with Gasteiger partial charge in [-0.25, -0.2) is 0 Å². The lowest BCUT2D eigenvalue weighted by atomic mass is 9.84. The lowest BCUT2D eigenvalue weighted by Gasteiger charge is -2.18. The Morgan fingerprint density at radius 1 is 0.792 bits per heavy atom. The van der Waals surface area contributed by atoms with Gasteiger partial charge in [-0.3, -0.25) is 4.79 Å². The zero-order valence-corrected chi connectivity index (χ0v) is 13.9. The van der Waals surface area contributed by atoms with Crippen LogP contribution in [-0.4, -0.2) is 12.9 Å². The maximum Gasteiger partial charge on any atom is 0.174 e. The third-order valence-corrected chi connectivity index (χ3v) is 4.18. The maximum atomic E-state index is 13.2. The van der Waals surface area contributed by atoms with E-state index in [0.29, 0.717) is 0 Å². The molecule has 0 spiro atoms. The van der Waals surface area contributed by atoms with Gasteiger partial charge in [0.25, 0.3) is 0 Å². The molecule has 3 aromatic rings. The summed E-state index contributed by atoms with van der Waals surface area (Å²) in [7, 11) is 1.64. The smallest absolute Gasteiger partial charge is 0.174 e. The number of Topliss-reactive ketones (excluding diaryl/α,β-unsaturated/α-hetero) is 1. The molecule has 0 aliphatic carbocycles. The molecule has 24 heavy (non-hydrogen) atoms. The van der Waals surface area contributed by atoms with Crippen molar-refractivity contribution in [2.24, 2.45) is 0 Å². The van der Waals surface area contributed by atoms with Crippen molar-refractivity contribution in [3.05, 3.63) is 101 Å². The molecule has 0 saturated heterocycles. The van der Waals surface area contributed by atoms with Crippen LogP contribution in [0.15, 0.2) is 78.9 Å². The number of rotatable bonds is 5. The van der Waals surface area contributed by atoms with E-state index in [2.05, 4.69) is 0 Å². The third kappa shape index (κ3) is 3.38. The van der Waals surface area contributed by atoms with Gasteiger partial charge >= 0.3 is 0 Å². The Bertz CT molecular complexity index is 803. The number of carbonyl (C=O) groups is 1. The molecule has 2 heteroatoms. The first-order valence-corrected chi connectivity index (χ1v) is 7.99. The molecule has 0 aliphatic rings. The quantitative estimate of drug-likeness (QED) is 0.618. The van der Waals surface area contributed by atoms with Crippen molar-refractivity contribution in [2.45, 2.75) is 12.8 Å². The van der Waals surface area contributed by atoms with Gasteiger partial charge in [0.05, 0.1) is 13.0 Å². The molecule has 2 nitrogen and oxygen atoms in total. The fourth-order valence-electron chi connectivity index (χ4n) is 2.82. The van der Waals surface area contributed by atoms with Gasteiger partial charge in [0.1, 0.15) is 5.75 Å². The topological polar surface area (TPSA) is 26.3 Å². The van der Waals surface area contributed by atoms with Crippen molar-refractivity contribution in [1.82, 2.24) is 0 Å². The third-order valence-electron chi connectivity index (χ3n) is 4.18. The van der Waals surface area contributed by atoms with Gasteiger partial charge in [-0.05, 0) is 30.2 Å². The zero-order valence-electron chi connectivity index (χ0n) is 13.9. The molecule has 0 fully saturated rings. The number of ether oxygens (including phenoxy) is 1. The van der Waals surface area contributed by atoms with Gasteiger partial charge in [0.2, 0.25) is 0 Å². The summed E-state index contributed by atoms with van der Waals surface area (Å²) in [6.45, 7) is 2.05. The predicted molar refractivity (Wildman–Crippen MR) is 96.8 cm³/mol. The first-order valence-electron chi connectivity index (χ1n) is 7.99. The van der Waals surface area contributed by atoms with E-state index in [0.717, 1.165) is 22.4 Å². The Hall–Kier alpha value is -2.87. The van der Waals surface area contributed by atoms with Crippen LogP contribution in [0.1, 0.15) is 33.0 Å². The molecule has 3 rings (SSSR count). The van der Waals surface area contributed by atoms with E-state index >= 15 is 0 Å². The second-order valence-corrected chi connectivity index (χ2v) is 5.85. The van der Waals surface area contributed by atoms with Crippen molar-refractivity contribution in [1.29, 1.82) is 0 Å². The molecule has 0 bridgehead atoms. The molecule has 0 aromatic heterocycles. The molecule has 0 radical (unpaired) electrons. The summed E-state index contributed by atoms with van der Waals surface area (Å²) < 4.78 is 5.23. The van der Waals surface area contributed by atoms with E-state index in [1.54, 1.807) is 7.11 Å². The number of methoxy groups -OCH3 is 1. The standard InChI is InChI=1S/C22H20O2/c1-16-8-10-17(11-9-16)21(18-12-14-20(24-2)15-13-18)22(23)19-6-4-3-5-7-19/h3-15,21H,1-2H3. The highest BCUT2D eigenvalue weighted by Crippen LogP contribution is 2.30. The summed E-state index contributed by atoms with van der Waals surface area (Å²) in [6.07, 6.45) is 0. The van der Waals surface area contributed by atoms with Crippen LogP contribution in [0.4, 0.5) is 0 Å². The van der Waals surface area contributed by atoms with Crippen LogP contribution in [0, 0.1) is 6.92 Å². The Labute approximate surface area is 142 Å². The minimum atomic E-state index is -0.320. The van der Waals surface area contributed by atoms with Gasteiger partial charge in [0.15, 0.2) is 5.78 Å². The molecule has 0 saturated carbocycles. The Morgan fingerprint density at radius 2 is 1.33 bits per heavy atom. The van der Waals surface area contributed by atoms with Crippen LogP contribution in [-0.2, 0) is 0 Å². The molecular formula is C22H20O2. The van der Waals surface area contributed by atoms with Gasteiger partial charge in [-0.2, -0.15) is 0 Å². The SMILES string of the molecule is COc1ccc(C(C(=O)c2ccccc2)c2ccc(C)cc2)cc1. The summed E-state index contributed by atoms with van der Waals surface area (Å²) in [5.74, 6) is 0.567. The number of aryl methyl sites for hydroxylation is 1. The molecule has 1 unspecified atom stereocenters. The normalized spacial score (nSPS) is 11.8. The second-order valence-electron chi connectivity index (χ2n) is 5.85. The van der Waals surface area contributed by atoms with Gasteiger partial charge in [-0.1, -0.05) is 72.3 Å². The van der Waals surface area contributed by atoms with Gasteiger partial charge in [0, 0.05) is 5.56 Å². The maximum absolute atomic E-state index is 13.2. The lowest BCUT2D eigenvalue weighted by molar-refractivity contribution is 0.0974. The summed E-state index contributed by atoms with van der Waals surface area (Å²) in [5.41, 5.74) is 3.87. The fraction of sp³-hybridized carbons (Fsp3) is 0.136. The monoisotopic (exact) mass is 316 g/mol. The van der Waals surface area contributed by atoms with Crippen LogP contribution in [0.3, 0.4) is 0 Å². The number of benzene rings is 3. The first-order chi connectivity index (χ1) is 11.7. The van der Waals surface area contributed by atoms with E-state index in [4.69, 9.17) is 4.74 Å². The Balaban J connectivity index is 2.06. The van der Waals surface area contributed by atoms with E-state index < -0.39 is 0 Å². The Morgan fingerprint density at radius 3 is 1.88 bits per heavy atom. The number of ketones is 1. The summed E-state index contributed by atoms with van der Waals surface area (Å²) in [6, 6.07) is 25.3. The molecule has 0 aliphatic heterocycles. The van der Waals surface area contributed by atoms with Crippen LogP contribution in [0.5, 0.6) is 5.75 Å². The van der Waals surface area contributed by atoms with E-state index in [9.17, 15) is 4.79 Å². The largest absolute Gasteiger partial charge is 0.497 e. The summed E-state index contributed by atoms with van der Waals surface area (Å²) in [5, 5.41) is 0. The van der Waals surface area contributed by atoms with E-state index in [1.807, 2.05) is 85.8 Å². The number of hydrogen-bond donors (Lipinski definition) is 0. The number of hydrogen-bond acceptors (Lipinski definition) is 2. The fourth-order valence-corrected chi connectivity index (χ4v) is 2.82. The summed E-state index contributed by atoms with van der Waals surface area (Å²) in [4.78, 5) is 13.2. The van der Waals surface area contributed by atoms with Crippen LogP contribution < -0.4 is 4.74 Å². The predicted octanol–water partition coefficient (Wildman–Crippen LogP) is 5.02. The highest BCUT2D eigenvalue weighted by molar-refractivity contribution is 6.03. The second kappa shape index (κ2) is 7.14. The minimum Gasteiger partial charge on any atom is -0.497 e. The molecule has 120 valence electrons. The molecule has 3 aromatic carbocycles. The lowest BCUT2D eigenvalue weighted by Crippen LogP contribution is -2.14. The highest BCUT2D eigenvalue weighted by atomic mass is 16.5.